The van der Waals surface area contributed by atoms with Gasteiger partial charge in [0, 0.05) is 5.56 Å². The Labute approximate surface area is 117 Å². The molecule has 0 heterocycles. The van der Waals surface area contributed by atoms with E-state index in [1.165, 1.54) is 12.1 Å². The van der Waals surface area contributed by atoms with Crippen molar-refractivity contribution in [3.8, 4) is 0 Å². The van der Waals surface area contributed by atoms with Gasteiger partial charge in [-0.2, -0.15) is 13.2 Å². The number of nitrogens with two attached hydrogens (primary N) is 1. The number of anilines is 2. The molecule has 0 aromatic heterocycles. The predicted octanol–water partition coefficient (Wildman–Crippen LogP) is 3.68. The lowest BCUT2D eigenvalue weighted by atomic mass is 10.1. The van der Waals surface area contributed by atoms with Crippen LogP contribution in [0.25, 0.3) is 0 Å². The molecule has 0 aliphatic rings. The Morgan fingerprint density at radius 3 is 2.38 bits per heavy atom. The lowest BCUT2D eigenvalue weighted by Crippen LogP contribution is -2.16. The monoisotopic (exact) mass is 298 g/mol. The summed E-state index contributed by atoms with van der Waals surface area (Å²) in [5.41, 5.74) is 3.68. The maximum atomic E-state index is 13.0. The Morgan fingerprint density at radius 2 is 1.76 bits per heavy atom. The molecule has 7 heteroatoms. The molecule has 0 bridgehead atoms. The Hall–Kier alpha value is -2.57. The van der Waals surface area contributed by atoms with Crippen LogP contribution in [0, 0.1) is 5.82 Å². The quantitative estimate of drug-likeness (QED) is 0.656. The van der Waals surface area contributed by atoms with Gasteiger partial charge in [-0.3, -0.25) is 4.79 Å². The molecule has 0 saturated heterocycles. The van der Waals surface area contributed by atoms with E-state index in [4.69, 9.17) is 5.73 Å². The SMILES string of the molecule is Nc1cc(C(=O)Nc2ccccc2C(F)(F)F)ccc1F. The van der Waals surface area contributed by atoms with Crippen molar-refractivity contribution in [2.75, 3.05) is 11.1 Å². The van der Waals surface area contributed by atoms with Gasteiger partial charge in [-0.05, 0) is 30.3 Å². The summed E-state index contributed by atoms with van der Waals surface area (Å²) in [4.78, 5) is 11.9. The topological polar surface area (TPSA) is 55.1 Å². The Morgan fingerprint density at radius 1 is 1.10 bits per heavy atom. The third kappa shape index (κ3) is 3.31. The summed E-state index contributed by atoms with van der Waals surface area (Å²) in [6.45, 7) is 0. The van der Waals surface area contributed by atoms with Gasteiger partial charge in [-0.25, -0.2) is 4.39 Å². The van der Waals surface area contributed by atoms with Gasteiger partial charge in [0.25, 0.3) is 5.91 Å². The van der Waals surface area contributed by atoms with Crippen LogP contribution in [0.3, 0.4) is 0 Å². The second-order valence-electron chi connectivity index (χ2n) is 4.23. The molecule has 0 unspecified atom stereocenters. The second kappa shape index (κ2) is 5.43. The summed E-state index contributed by atoms with van der Waals surface area (Å²) < 4.78 is 51.4. The molecule has 1 amide bonds. The van der Waals surface area contributed by atoms with Crippen LogP contribution in [-0.4, -0.2) is 5.91 Å². The fourth-order valence-corrected chi connectivity index (χ4v) is 1.72. The standard InChI is InChI=1S/C14H10F4N2O/c15-10-6-5-8(7-11(10)19)13(21)20-12-4-2-1-3-9(12)14(16,17)18/h1-7H,19H2,(H,20,21). The summed E-state index contributed by atoms with van der Waals surface area (Å²) in [5.74, 6) is -1.51. The highest BCUT2D eigenvalue weighted by atomic mass is 19.4. The van der Waals surface area contributed by atoms with Crippen LogP contribution in [-0.2, 0) is 6.18 Å². The molecule has 0 spiro atoms. The van der Waals surface area contributed by atoms with Crippen LogP contribution in [0.4, 0.5) is 28.9 Å². The highest BCUT2D eigenvalue weighted by Gasteiger charge is 2.33. The van der Waals surface area contributed by atoms with Crippen LogP contribution in [0.1, 0.15) is 15.9 Å². The minimum atomic E-state index is -4.59. The number of benzene rings is 2. The zero-order valence-corrected chi connectivity index (χ0v) is 10.5. The highest BCUT2D eigenvalue weighted by molar-refractivity contribution is 6.05. The van der Waals surface area contributed by atoms with Crippen molar-refractivity contribution in [2.24, 2.45) is 0 Å². The molecule has 0 radical (unpaired) electrons. The van der Waals surface area contributed by atoms with E-state index >= 15 is 0 Å². The average molecular weight is 298 g/mol. The number of halogens is 4. The van der Waals surface area contributed by atoms with Crippen molar-refractivity contribution in [3.63, 3.8) is 0 Å². The molecule has 0 saturated carbocycles. The lowest BCUT2D eigenvalue weighted by molar-refractivity contribution is -0.136. The molecule has 3 nitrogen and oxygen atoms in total. The molecule has 0 aliphatic carbocycles. The number of amides is 1. The third-order valence-corrected chi connectivity index (χ3v) is 2.74. The summed E-state index contributed by atoms with van der Waals surface area (Å²) in [7, 11) is 0. The zero-order chi connectivity index (χ0) is 15.6. The number of hydrogen-bond acceptors (Lipinski definition) is 2. The van der Waals surface area contributed by atoms with Gasteiger partial charge < -0.3 is 11.1 Å². The molecule has 0 aliphatic heterocycles. The number of alkyl halides is 3. The minimum Gasteiger partial charge on any atom is -0.396 e. The normalized spacial score (nSPS) is 11.2. The van der Waals surface area contributed by atoms with E-state index in [1.54, 1.807) is 0 Å². The fourth-order valence-electron chi connectivity index (χ4n) is 1.72. The fraction of sp³-hybridized carbons (Fsp3) is 0.0714. The van der Waals surface area contributed by atoms with Crippen molar-refractivity contribution in [1.29, 1.82) is 0 Å². The predicted molar refractivity (Wildman–Crippen MR) is 70.2 cm³/mol. The van der Waals surface area contributed by atoms with E-state index in [0.717, 1.165) is 30.3 Å². The third-order valence-electron chi connectivity index (χ3n) is 2.74. The molecule has 3 N–H and O–H groups in total. The summed E-state index contributed by atoms with van der Waals surface area (Å²) >= 11 is 0. The molecule has 2 aromatic rings. The van der Waals surface area contributed by atoms with Crippen LogP contribution < -0.4 is 11.1 Å². The lowest BCUT2D eigenvalue weighted by Gasteiger charge is -2.13. The van der Waals surface area contributed by atoms with Gasteiger partial charge in [0.15, 0.2) is 0 Å². The van der Waals surface area contributed by atoms with Crippen LogP contribution in [0.5, 0.6) is 0 Å². The van der Waals surface area contributed by atoms with Crippen molar-refractivity contribution < 1.29 is 22.4 Å². The first-order valence-electron chi connectivity index (χ1n) is 5.81. The maximum Gasteiger partial charge on any atom is 0.418 e. The highest BCUT2D eigenvalue weighted by Crippen LogP contribution is 2.34. The number of hydrogen-bond donors (Lipinski definition) is 2. The van der Waals surface area contributed by atoms with Gasteiger partial charge in [-0.1, -0.05) is 12.1 Å². The number of nitrogen functional groups attached to an aromatic ring is 1. The van der Waals surface area contributed by atoms with Crippen LogP contribution in [0.2, 0.25) is 0 Å². The molecule has 2 rings (SSSR count). The van der Waals surface area contributed by atoms with Gasteiger partial charge in [0.1, 0.15) is 5.82 Å². The molecular formula is C14H10F4N2O. The van der Waals surface area contributed by atoms with Crippen molar-refractivity contribution in [2.45, 2.75) is 6.18 Å². The van der Waals surface area contributed by atoms with E-state index < -0.39 is 23.5 Å². The number of para-hydroxylation sites is 1. The molecule has 21 heavy (non-hydrogen) atoms. The van der Waals surface area contributed by atoms with E-state index in [0.29, 0.717) is 0 Å². The smallest absolute Gasteiger partial charge is 0.396 e. The Bertz CT molecular complexity index is 683. The number of carbonyl (C=O) groups excluding carboxylic acids is 1. The van der Waals surface area contributed by atoms with Crippen LogP contribution >= 0.6 is 0 Å². The molecule has 0 fully saturated rings. The van der Waals surface area contributed by atoms with E-state index in [1.807, 2.05) is 0 Å². The zero-order valence-electron chi connectivity index (χ0n) is 10.5. The van der Waals surface area contributed by atoms with Crippen molar-refractivity contribution in [1.82, 2.24) is 0 Å². The number of rotatable bonds is 2. The van der Waals surface area contributed by atoms with Crippen molar-refractivity contribution in [3.05, 3.63) is 59.4 Å². The first-order chi connectivity index (χ1) is 9.79. The maximum absolute atomic E-state index is 13.0. The van der Waals surface area contributed by atoms with Gasteiger partial charge in [0.05, 0.1) is 16.9 Å². The summed E-state index contributed by atoms with van der Waals surface area (Å²) in [5, 5.41) is 2.14. The Balaban J connectivity index is 2.30. The molecule has 0 atom stereocenters. The number of carbonyl (C=O) groups is 1. The van der Waals surface area contributed by atoms with E-state index in [9.17, 15) is 22.4 Å². The second-order valence-corrected chi connectivity index (χ2v) is 4.23. The van der Waals surface area contributed by atoms with Gasteiger partial charge >= 0.3 is 6.18 Å². The van der Waals surface area contributed by atoms with Gasteiger partial charge in [-0.15, -0.1) is 0 Å². The molecular weight excluding hydrogens is 288 g/mol. The Kier molecular flexibility index (Phi) is 3.84. The van der Waals surface area contributed by atoms with Crippen LogP contribution in [0.15, 0.2) is 42.5 Å². The van der Waals surface area contributed by atoms with Gasteiger partial charge in [0.2, 0.25) is 0 Å². The summed E-state index contributed by atoms with van der Waals surface area (Å²) in [6.07, 6.45) is -4.59. The minimum absolute atomic E-state index is 0.0362. The first kappa shape index (κ1) is 14.8. The van der Waals surface area contributed by atoms with E-state index in [-0.39, 0.29) is 16.9 Å². The molecule has 110 valence electrons. The first-order valence-corrected chi connectivity index (χ1v) is 5.81. The average Bonchev–Trinajstić information content (AvgIpc) is 2.41. The largest absolute Gasteiger partial charge is 0.418 e. The summed E-state index contributed by atoms with van der Waals surface area (Å²) in [6, 6.07) is 7.73. The number of nitrogens with one attached hydrogen (secondary N) is 1. The van der Waals surface area contributed by atoms with E-state index in [2.05, 4.69) is 5.32 Å². The molecule has 2 aromatic carbocycles. The van der Waals surface area contributed by atoms with Crippen molar-refractivity contribution >= 4 is 17.3 Å².